The number of halogens is 4. The number of benzene rings is 1. The van der Waals surface area contributed by atoms with Crippen LogP contribution in [0.5, 0.6) is 0 Å². The molecule has 1 aliphatic rings. The van der Waals surface area contributed by atoms with Crippen molar-refractivity contribution >= 4 is 23.5 Å². The summed E-state index contributed by atoms with van der Waals surface area (Å²) in [6.07, 6.45) is -1.48. The van der Waals surface area contributed by atoms with Gasteiger partial charge in [-0.2, -0.15) is 13.2 Å². The molecule has 1 aromatic carbocycles. The zero-order valence-corrected chi connectivity index (χ0v) is 14.6. The second-order valence-corrected chi connectivity index (χ2v) is 6.17. The van der Waals surface area contributed by atoms with Crippen molar-refractivity contribution in [1.82, 2.24) is 19.8 Å². The highest BCUT2D eigenvalue weighted by molar-refractivity contribution is 5.75. The first-order valence-corrected chi connectivity index (χ1v) is 8.00. The smallest absolute Gasteiger partial charge is 0.366 e. The lowest BCUT2D eigenvalue weighted by Crippen LogP contribution is -2.44. The minimum atomic E-state index is -4.72. The van der Waals surface area contributed by atoms with Gasteiger partial charge in [0.2, 0.25) is 5.91 Å². The van der Waals surface area contributed by atoms with Crippen LogP contribution in [0.25, 0.3) is 11.9 Å². The molecule has 1 aromatic heterocycles. The molecule has 0 saturated heterocycles. The number of alkyl halides is 3. The summed E-state index contributed by atoms with van der Waals surface area (Å²) in [5.74, 6) is -0.870. The summed E-state index contributed by atoms with van der Waals surface area (Å²) in [7, 11) is 3.26. The minimum absolute atomic E-state index is 0.0590. The number of aromatic nitrogens is 2. The number of amides is 1. The predicted molar refractivity (Wildman–Crippen MR) is 91.1 cm³/mol. The number of anilines is 1. The van der Waals surface area contributed by atoms with E-state index in [0.29, 0.717) is 23.3 Å². The van der Waals surface area contributed by atoms with Crippen molar-refractivity contribution in [3.8, 4) is 0 Å². The highest BCUT2D eigenvalue weighted by Crippen LogP contribution is 2.35. The van der Waals surface area contributed by atoms with Crippen molar-refractivity contribution in [2.45, 2.75) is 12.7 Å². The van der Waals surface area contributed by atoms with Gasteiger partial charge in [0, 0.05) is 20.6 Å². The van der Waals surface area contributed by atoms with Crippen molar-refractivity contribution in [1.29, 1.82) is 0 Å². The van der Waals surface area contributed by atoms with Crippen molar-refractivity contribution in [3.63, 3.8) is 0 Å². The Morgan fingerprint density at radius 2 is 2.11 bits per heavy atom. The number of likely N-dealkylation sites (N-methyl/N-ethyl adjacent to an activating group) is 1. The standard InChI is InChI=1S/C17H17F4N5O/c1-25(2)14(27)8-26-9-23-15-13(26)5-6-22-16(15)24-12-4-3-10(18)7-11(12)17(19,20)21/h3-5,7,9,22,24H,6,8H2,1-2H3. The summed E-state index contributed by atoms with van der Waals surface area (Å²) in [4.78, 5) is 17.6. The lowest BCUT2D eigenvalue weighted by molar-refractivity contribution is -0.137. The van der Waals surface area contributed by atoms with Gasteiger partial charge in [0.05, 0.1) is 22.9 Å². The highest BCUT2D eigenvalue weighted by Gasteiger charge is 2.34. The van der Waals surface area contributed by atoms with E-state index in [1.807, 2.05) is 0 Å². The average molecular weight is 383 g/mol. The molecule has 3 rings (SSSR count). The van der Waals surface area contributed by atoms with Crippen LogP contribution in [0.3, 0.4) is 0 Å². The molecular formula is C17H17F4N5O. The van der Waals surface area contributed by atoms with Crippen molar-refractivity contribution in [2.24, 2.45) is 0 Å². The lowest BCUT2D eigenvalue weighted by atomic mass is 10.1. The van der Waals surface area contributed by atoms with Crippen LogP contribution >= 0.6 is 0 Å². The number of carbonyl (C=O) groups is 1. The topological polar surface area (TPSA) is 62.2 Å². The Balaban J connectivity index is 2.02. The molecule has 144 valence electrons. The SMILES string of the molecule is CN(C)C(=O)Cn1cnc2c1=CCNC=2Nc1ccc(F)cc1C(F)(F)F. The number of imidazole rings is 1. The van der Waals surface area contributed by atoms with E-state index >= 15 is 0 Å². The Labute approximate surface area is 151 Å². The molecule has 0 bridgehead atoms. The van der Waals surface area contributed by atoms with E-state index in [1.54, 1.807) is 24.7 Å². The summed E-state index contributed by atoms with van der Waals surface area (Å²) in [6, 6.07) is 2.41. The first kappa shape index (κ1) is 18.7. The average Bonchev–Trinajstić information content (AvgIpc) is 2.99. The summed E-state index contributed by atoms with van der Waals surface area (Å²) in [6.45, 7) is 0.392. The molecule has 10 heteroatoms. The maximum Gasteiger partial charge on any atom is 0.418 e. The van der Waals surface area contributed by atoms with Gasteiger partial charge in [-0.05, 0) is 24.3 Å². The number of nitrogens with zero attached hydrogens (tertiary/aromatic N) is 3. The van der Waals surface area contributed by atoms with Crippen LogP contribution in [0.1, 0.15) is 5.56 Å². The van der Waals surface area contributed by atoms with Crippen LogP contribution < -0.4 is 21.3 Å². The minimum Gasteiger partial charge on any atom is -0.366 e. The third-order valence-corrected chi connectivity index (χ3v) is 4.04. The fourth-order valence-corrected chi connectivity index (χ4v) is 2.64. The van der Waals surface area contributed by atoms with Gasteiger partial charge in [-0.1, -0.05) is 0 Å². The molecule has 0 spiro atoms. The third-order valence-electron chi connectivity index (χ3n) is 4.04. The molecule has 6 nitrogen and oxygen atoms in total. The zero-order valence-electron chi connectivity index (χ0n) is 14.6. The third kappa shape index (κ3) is 3.88. The normalized spacial score (nSPS) is 13.5. The molecule has 27 heavy (non-hydrogen) atoms. The van der Waals surface area contributed by atoms with E-state index in [2.05, 4.69) is 15.6 Å². The zero-order chi connectivity index (χ0) is 19.8. The van der Waals surface area contributed by atoms with Gasteiger partial charge in [0.1, 0.15) is 23.5 Å². The van der Waals surface area contributed by atoms with Crippen LogP contribution in [0, 0.1) is 5.82 Å². The Morgan fingerprint density at radius 1 is 1.37 bits per heavy atom. The van der Waals surface area contributed by atoms with E-state index in [0.717, 1.165) is 12.1 Å². The second-order valence-electron chi connectivity index (χ2n) is 6.17. The molecule has 2 heterocycles. The number of hydrogen-bond acceptors (Lipinski definition) is 4. The first-order chi connectivity index (χ1) is 12.7. The molecule has 0 saturated carbocycles. The van der Waals surface area contributed by atoms with Crippen molar-refractivity contribution in [3.05, 3.63) is 46.6 Å². The van der Waals surface area contributed by atoms with Crippen molar-refractivity contribution in [2.75, 3.05) is 26.0 Å². The number of fused-ring (bicyclic) bond motifs is 1. The summed E-state index contributed by atoms with van der Waals surface area (Å²) >= 11 is 0. The lowest BCUT2D eigenvalue weighted by Gasteiger charge is -2.18. The monoisotopic (exact) mass is 383 g/mol. The van der Waals surface area contributed by atoms with E-state index < -0.39 is 17.6 Å². The Morgan fingerprint density at radius 3 is 2.78 bits per heavy atom. The number of carbonyl (C=O) groups excluding carboxylic acids is 1. The molecule has 0 radical (unpaired) electrons. The Hall–Kier alpha value is -3.04. The van der Waals surface area contributed by atoms with Gasteiger partial charge in [0.15, 0.2) is 0 Å². The van der Waals surface area contributed by atoms with E-state index in [1.165, 1.54) is 11.2 Å². The van der Waals surface area contributed by atoms with Gasteiger partial charge < -0.3 is 20.1 Å². The summed E-state index contributed by atoms with van der Waals surface area (Å²) in [5.41, 5.74) is -1.41. The van der Waals surface area contributed by atoms with Gasteiger partial charge in [-0.25, -0.2) is 9.37 Å². The van der Waals surface area contributed by atoms with Crippen LogP contribution in [0.15, 0.2) is 24.5 Å². The van der Waals surface area contributed by atoms with Crippen LogP contribution in [-0.2, 0) is 17.5 Å². The summed E-state index contributed by atoms with van der Waals surface area (Å²) < 4.78 is 54.5. The van der Waals surface area contributed by atoms with Gasteiger partial charge >= 0.3 is 6.18 Å². The van der Waals surface area contributed by atoms with Gasteiger partial charge in [-0.3, -0.25) is 4.79 Å². The number of hydrogen-bond donors (Lipinski definition) is 2. The molecular weight excluding hydrogens is 366 g/mol. The largest absolute Gasteiger partial charge is 0.418 e. The van der Waals surface area contributed by atoms with Crippen LogP contribution in [0.4, 0.5) is 23.2 Å². The van der Waals surface area contributed by atoms with E-state index in [4.69, 9.17) is 0 Å². The van der Waals surface area contributed by atoms with E-state index in [9.17, 15) is 22.4 Å². The highest BCUT2D eigenvalue weighted by atomic mass is 19.4. The summed E-state index contributed by atoms with van der Waals surface area (Å²) in [5, 5.41) is 6.57. The number of rotatable bonds is 4. The molecule has 0 atom stereocenters. The Bertz CT molecular complexity index is 994. The first-order valence-electron chi connectivity index (χ1n) is 8.00. The maximum absolute atomic E-state index is 13.3. The predicted octanol–water partition coefficient (Wildman–Crippen LogP) is 0.691. The second kappa shape index (κ2) is 6.93. The molecule has 0 aliphatic carbocycles. The van der Waals surface area contributed by atoms with Gasteiger partial charge in [0.25, 0.3) is 0 Å². The van der Waals surface area contributed by atoms with Crippen molar-refractivity contribution < 1.29 is 22.4 Å². The van der Waals surface area contributed by atoms with Gasteiger partial charge in [-0.15, -0.1) is 0 Å². The fraction of sp³-hybridized carbons (Fsp3) is 0.294. The molecule has 1 aliphatic heterocycles. The molecule has 2 N–H and O–H groups in total. The maximum atomic E-state index is 13.3. The molecule has 2 aromatic rings. The fourth-order valence-electron chi connectivity index (χ4n) is 2.64. The quantitative estimate of drug-likeness (QED) is 0.763. The van der Waals surface area contributed by atoms with E-state index in [-0.39, 0.29) is 24.0 Å². The molecule has 1 amide bonds. The Kier molecular flexibility index (Phi) is 4.81. The number of nitrogens with one attached hydrogen (secondary N) is 2. The van der Waals surface area contributed by atoms with Crippen LogP contribution in [-0.4, -0.2) is 41.0 Å². The van der Waals surface area contributed by atoms with Crippen LogP contribution in [0.2, 0.25) is 0 Å². The molecule has 0 fully saturated rings. The molecule has 0 unspecified atom stereocenters.